The molecule has 0 saturated heterocycles. The number of rotatable bonds is 25. The number of aromatic hydroxyl groups is 1. The average molecular weight is 770 g/mol. The van der Waals surface area contributed by atoms with E-state index in [1.807, 2.05) is 10.6 Å². The van der Waals surface area contributed by atoms with E-state index in [1.54, 1.807) is 5.32 Å². The molecular formula is C31H43N7O16. The van der Waals surface area contributed by atoms with Gasteiger partial charge in [0.1, 0.15) is 36.0 Å². The third-order valence-corrected chi connectivity index (χ3v) is 7.34. The Morgan fingerprint density at radius 3 is 1.24 bits per heavy atom. The van der Waals surface area contributed by atoms with Crippen LogP contribution in [0.15, 0.2) is 24.3 Å². The molecule has 0 radical (unpaired) electrons. The van der Waals surface area contributed by atoms with Crippen molar-refractivity contribution in [2.45, 2.75) is 87.6 Å². The maximum Gasteiger partial charge on any atom is 0.326 e. The second-order valence-electron chi connectivity index (χ2n) is 11.8. The number of carbonyl (C=O) groups is 10. The van der Waals surface area contributed by atoms with E-state index in [2.05, 4.69) is 10.6 Å². The number of amides is 5. The fourth-order valence-corrected chi connectivity index (χ4v) is 4.63. The first-order valence-corrected chi connectivity index (χ1v) is 16.1. The average Bonchev–Trinajstić information content (AvgIpc) is 3.06. The summed E-state index contributed by atoms with van der Waals surface area (Å²) in [6.07, 6.45) is -4.15. The molecule has 23 heteroatoms. The molecule has 15 N–H and O–H groups in total. The van der Waals surface area contributed by atoms with Gasteiger partial charge in [-0.15, -0.1) is 0 Å². The van der Waals surface area contributed by atoms with Crippen molar-refractivity contribution in [3.63, 3.8) is 0 Å². The monoisotopic (exact) mass is 769 g/mol. The zero-order chi connectivity index (χ0) is 41.1. The van der Waals surface area contributed by atoms with Crippen molar-refractivity contribution in [2.75, 3.05) is 6.54 Å². The Hall–Kier alpha value is -6.36. The quantitative estimate of drug-likeness (QED) is 0.0419. The molecule has 0 heterocycles. The van der Waals surface area contributed by atoms with Crippen molar-refractivity contribution in [3.8, 4) is 5.75 Å². The lowest BCUT2D eigenvalue weighted by Crippen LogP contribution is -2.60. The van der Waals surface area contributed by atoms with Crippen LogP contribution in [0.2, 0.25) is 0 Å². The number of carboxylic acids is 5. The summed E-state index contributed by atoms with van der Waals surface area (Å²) in [6, 6.07) is -5.21. The Balaban J connectivity index is 3.25. The van der Waals surface area contributed by atoms with Crippen molar-refractivity contribution in [3.05, 3.63) is 29.8 Å². The van der Waals surface area contributed by atoms with Crippen LogP contribution in [0.5, 0.6) is 5.75 Å². The zero-order valence-electron chi connectivity index (χ0n) is 28.6. The number of carbonyl (C=O) groups excluding carboxylic acids is 5. The van der Waals surface area contributed by atoms with Gasteiger partial charge in [-0.1, -0.05) is 12.1 Å². The Kier molecular flexibility index (Phi) is 19.1. The van der Waals surface area contributed by atoms with Crippen LogP contribution in [0, 0.1) is 0 Å². The number of aliphatic carboxylic acids is 5. The molecule has 1 rings (SSSR count). The Morgan fingerprint density at radius 2 is 0.870 bits per heavy atom. The molecule has 5 amide bonds. The molecule has 298 valence electrons. The molecule has 0 saturated carbocycles. The van der Waals surface area contributed by atoms with Gasteiger partial charge in [0.15, 0.2) is 0 Å². The minimum atomic E-state index is -2.15. The van der Waals surface area contributed by atoms with Crippen molar-refractivity contribution in [2.24, 2.45) is 11.5 Å². The van der Waals surface area contributed by atoms with Gasteiger partial charge >= 0.3 is 29.8 Å². The second kappa shape index (κ2) is 22.5. The fraction of sp³-hybridized carbons (Fsp3) is 0.484. The normalized spacial score (nSPS) is 14.0. The van der Waals surface area contributed by atoms with Crippen molar-refractivity contribution >= 4 is 59.4 Å². The largest absolute Gasteiger partial charge is 0.508 e. The van der Waals surface area contributed by atoms with E-state index in [-0.39, 0.29) is 31.6 Å². The van der Waals surface area contributed by atoms with Gasteiger partial charge in [0.05, 0.1) is 31.7 Å². The number of hydrogen-bond acceptors (Lipinski definition) is 13. The number of hydrogen-bond donors (Lipinski definition) is 13. The Bertz CT molecular complexity index is 1550. The van der Waals surface area contributed by atoms with Crippen LogP contribution >= 0.6 is 0 Å². The molecule has 54 heavy (non-hydrogen) atoms. The molecule has 0 unspecified atom stereocenters. The lowest BCUT2D eigenvalue weighted by atomic mass is 10.0. The number of benzene rings is 1. The molecule has 1 aromatic carbocycles. The minimum absolute atomic E-state index is 0.0161. The van der Waals surface area contributed by atoms with Crippen LogP contribution in [0.1, 0.15) is 50.5 Å². The van der Waals surface area contributed by atoms with Crippen LogP contribution < -0.4 is 38.1 Å². The lowest BCUT2D eigenvalue weighted by Gasteiger charge is -2.26. The first kappa shape index (κ1) is 45.7. The highest BCUT2D eigenvalue weighted by atomic mass is 16.4. The van der Waals surface area contributed by atoms with E-state index < -0.39 is 121 Å². The molecule has 0 aliphatic carbocycles. The smallest absolute Gasteiger partial charge is 0.326 e. The molecule has 0 spiro atoms. The lowest BCUT2D eigenvalue weighted by molar-refractivity contribution is -0.148. The summed E-state index contributed by atoms with van der Waals surface area (Å²) >= 11 is 0. The summed E-state index contributed by atoms with van der Waals surface area (Å²) in [5.74, 6) is -15.0. The van der Waals surface area contributed by atoms with Gasteiger partial charge in [-0.25, -0.2) is 4.79 Å². The molecule has 0 fully saturated rings. The van der Waals surface area contributed by atoms with Crippen molar-refractivity contribution in [1.82, 2.24) is 26.6 Å². The fourth-order valence-electron chi connectivity index (χ4n) is 4.63. The van der Waals surface area contributed by atoms with Gasteiger partial charge in [0, 0.05) is 0 Å². The van der Waals surface area contributed by atoms with Crippen LogP contribution in [0.25, 0.3) is 0 Å². The zero-order valence-corrected chi connectivity index (χ0v) is 28.6. The standard InChI is InChI=1S/C31H43N7O16/c32-8-2-1-3-17(34-26(48)16(33)9-14-4-6-15(39)7-5-14)27(49)35-18(10-22(40)41)28(50)36-19(11-23(42)43)29(51)37-20(12-24(44)45)30(52)38-21(31(53)54)13-25(46)47/h4-7,16-21,39H,1-3,8-13,32-33H2,(H,34,48)(H,35,49)(H,36,50)(H,37,51)(H,38,52)(H,40,41)(H,42,43)(H,44,45)(H,46,47)(H,53,54)/t16-,17-,18-,19-,20-,21-/m0/s1. The van der Waals surface area contributed by atoms with Crippen molar-refractivity contribution < 1.29 is 78.6 Å². The summed E-state index contributed by atoms with van der Waals surface area (Å²) < 4.78 is 0. The molecule has 0 aromatic heterocycles. The van der Waals surface area contributed by atoms with E-state index in [0.717, 1.165) is 0 Å². The van der Waals surface area contributed by atoms with Crippen LogP contribution in [-0.4, -0.2) is 133 Å². The first-order chi connectivity index (χ1) is 25.2. The number of phenols is 1. The maximum absolute atomic E-state index is 13.4. The summed E-state index contributed by atoms with van der Waals surface area (Å²) in [5, 5.41) is 65.7. The highest BCUT2D eigenvalue weighted by molar-refractivity contribution is 5.99. The van der Waals surface area contributed by atoms with Gasteiger partial charge < -0.3 is 68.7 Å². The summed E-state index contributed by atoms with van der Waals surface area (Å²) in [6.45, 7) is 0.206. The van der Waals surface area contributed by atoms with Gasteiger partial charge in [-0.3, -0.25) is 43.2 Å². The summed E-state index contributed by atoms with van der Waals surface area (Å²) in [5.41, 5.74) is 12.1. The minimum Gasteiger partial charge on any atom is -0.508 e. The van der Waals surface area contributed by atoms with Gasteiger partial charge in [-0.05, 0) is 49.9 Å². The Morgan fingerprint density at radius 1 is 0.519 bits per heavy atom. The maximum atomic E-state index is 13.4. The van der Waals surface area contributed by atoms with Crippen molar-refractivity contribution in [1.29, 1.82) is 0 Å². The third-order valence-electron chi connectivity index (χ3n) is 7.34. The number of nitrogens with two attached hydrogens (primary N) is 2. The molecule has 0 aliphatic rings. The molecule has 0 bridgehead atoms. The van der Waals surface area contributed by atoms with Crippen LogP contribution in [0.4, 0.5) is 0 Å². The molecule has 6 atom stereocenters. The SMILES string of the molecule is NCCCC[C@H](NC(=O)[C@@H](N)Cc1ccc(O)cc1)C(=O)N[C@@H](CC(=O)O)C(=O)N[C@@H](CC(=O)O)C(=O)N[C@@H](CC(=O)O)C(=O)N[C@@H](CC(=O)O)C(=O)O. The number of phenolic OH excluding ortho intramolecular Hbond substituents is 1. The molecule has 23 nitrogen and oxygen atoms in total. The predicted molar refractivity (Wildman–Crippen MR) is 179 cm³/mol. The van der Waals surface area contributed by atoms with E-state index in [1.165, 1.54) is 24.3 Å². The van der Waals surface area contributed by atoms with E-state index >= 15 is 0 Å². The predicted octanol–water partition coefficient (Wildman–Crippen LogP) is -4.20. The van der Waals surface area contributed by atoms with E-state index in [9.17, 15) is 73.5 Å². The topological polar surface area (TPSA) is 404 Å². The number of nitrogens with one attached hydrogen (secondary N) is 5. The van der Waals surface area contributed by atoms with E-state index in [4.69, 9.17) is 16.6 Å². The molecule has 1 aromatic rings. The third kappa shape index (κ3) is 17.2. The second-order valence-corrected chi connectivity index (χ2v) is 11.8. The summed E-state index contributed by atoms with van der Waals surface area (Å²) in [7, 11) is 0. The van der Waals surface area contributed by atoms with Gasteiger partial charge in [0.2, 0.25) is 29.5 Å². The van der Waals surface area contributed by atoms with E-state index in [0.29, 0.717) is 12.0 Å². The van der Waals surface area contributed by atoms with Gasteiger partial charge in [-0.2, -0.15) is 0 Å². The molecular weight excluding hydrogens is 726 g/mol. The Labute approximate surface area is 305 Å². The summed E-state index contributed by atoms with van der Waals surface area (Å²) in [4.78, 5) is 122. The highest BCUT2D eigenvalue weighted by Gasteiger charge is 2.35. The first-order valence-electron chi connectivity index (χ1n) is 16.1. The van der Waals surface area contributed by atoms with Gasteiger partial charge in [0.25, 0.3) is 0 Å². The number of carboxylic acid groups (broad SMARTS) is 5. The van der Waals surface area contributed by atoms with Crippen LogP contribution in [-0.2, 0) is 54.4 Å². The molecule has 0 aliphatic heterocycles. The number of unbranched alkanes of at least 4 members (excludes halogenated alkanes) is 1. The van der Waals surface area contributed by atoms with Crippen LogP contribution in [0.3, 0.4) is 0 Å². The highest BCUT2D eigenvalue weighted by Crippen LogP contribution is 2.12.